The molecule has 0 saturated carbocycles. The highest BCUT2D eigenvalue weighted by Gasteiger charge is 2.39. The van der Waals surface area contributed by atoms with Crippen molar-refractivity contribution in [2.45, 2.75) is 19.3 Å². The maximum absolute atomic E-state index is 4.58. The Morgan fingerprint density at radius 3 is 2.93 bits per heavy atom. The van der Waals surface area contributed by atoms with Gasteiger partial charge >= 0.3 is 0 Å². The van der Waals surface area contributed by atoms with Gasteiger partial charge in [0.15, 0.2) is 0 Å². The number of hydrogen-bond donors (Lipinski definition) is 0. The lowest BCUT2D eigenvalue weighted by molar-refractivity contribution is 0.343. The molecular weight excluding hydrogens is 174 g/mol. The van der Waals surface area contributed by atoms with Crippen LogP contribution in [0.5, 0.6) is 0 Å². The van der Waals surface area contributed by atoms with Crippen LogP contribution in [0.25, 0.3) is 0 Å². The van der Waals surface area contributed by atoms with E-state index in [9.17, 15) is 0 Å². The highest BCUT2D eigenvalue weighted by molar-refractivity contribution is 5.14. The molecule has 3 rings (SSSR count). The van der Waals surface area contributed by atoms with E-state index >= 15 is 0 Å². The van der Waals surface area contributed by atoms with Gasteiger partial charge in [0.2, 0.25) is 0 Å². The monoisotopic (exact) mass is 189 g/mol. The summed E-state index contributed by atoms with van der Waals surface area (Å²) in [6.45, 7) is 5.79. The normalized spacial score (nSPS) is 35.1. The molecule has 0 amide bonds. The second kappa shape index (κ2) is 3.02. The Morgan fingerprint density at radius 1 is 1.36 bits per heavy atom. The first-order valence-electron chi connectivity index (χ1n) is 5.34. The molecule has 0 aromatic carbocycles. The molecule has 1 unspecified atom stereocenters. The van der Waals surface area contributed by atoms with E-state index in [2.05, 4.69) is 14.9 Å². The zero-order valence-corrected chi connectivity index (χ0v) is 8.48. The van der Waals surface area contributed by atoms with Gasteiger partial charge in [-0.05, 0) is 25.8 Å². The van der Waals surface area contributed by atoms with E-state index in [0.717, 1.165) is 11.6 Å². The number of hydrogen-bond acceptors (Lipinski definition) is 3. The Balaban J connectivity index is 1.89. The molecule has 0 radical (unpaired) electrons. The number of aryl methyl sites for hydroxylation is 1. The summed E-state index contributed by atoms with van der Waals surface area (Å²) in [6, 6.07) is 0. The molecular formula is C11H15N3. The zero-order valence-electron chi connectivity index (χ0n) is 8.48. The first kappa shape index (κ1) is 8.36. The second-order valence-corrected chi connectivity index (χ2v) is 4.50. The van der Waals surface area contributed by atoms with E-state index < -0.39 is 0 Å². The quantitative estimate of drug-likeness (QED) is 0.665. The van der Waals surface area contributed by atoms with Crippen LogP contribution in [0.1, 0.15) is 23.7 Å². The van der Waals surface area contributed by atoms with E-state index in [4.69, 9.17) is 0 Å². The average molecular weight is 189 g/mol. The molecule has 0 N–H and O–H groups in total. The standard InChI is InChI=1S/C11H15N3/c1-8-4-12-5-11(13-8)10-7-14-3-2-9(10)6-14/h4-5,9-10H,2-3,6-7H2,1H3/t9-,10-/m1/s1. The summed E-state index contributed by atoms with van der Waals surface area (Å²) < 4.78 is 0. The lowest BCUT2D eigenvalue weighted by Gasteiger charge is -2.21. The molecule has 3 atom stereocenters. The lowest BCUT2D eigenvalue weighted by atomic mass is 9.90. The van der Waals surface area contributed by atoms with Crippen LogP contribution in [0, 0.1) is 12.8 Å². The molecule has 2 aliphatic rings. The Kier molecular flexibility index (Phi) is 1.80. The van der Waals surface area contributed by atoms with Crippen molar-refractivity contribution in [2.75, 3.05) is 19.6 Å². The second-order valence-electron chi connectivity index (χ2n) is 4.50. The van der Waals surface area contributed by atoms with Crippen molar-refractivity contribution in [1.29, 1.82) is 0 Å². The van der Waals surface area contributed by atoms with Gasteiger partial charge in [0.25, 0.3) is 0 Å². The molecule has 2 aliphatic heterocycles. The number of aromatic nitrogens is 2. The number of nitrogens with zero attached hydrogens (tertiary/aromatic N) is 3. The Morgan fingerprint density at radius 2 is 2.29 bits per heavy atom. The summed E-state index contributed by atoms with van der Waals surface area (Å²) in [7, 11) is 0. The summed E-state index contributed by atoms with van der Waals surface area (Å²) in [5.41, 5.74) is 2.25. The predicted molar refractivity (Wildman–Crippen MR) is 54.1 cm³/mol. The van der Waals surface area contributed by atoms with Gasteiger partial charge in [-0.1, -0.05) is 0 Å². The molecule has 3 heteroatoms. The Hall–Kier alpha value is -0.960. The zero-order chi connectivity index (χ0) is 9.54. The fourth-order valence-corrected chi connectivity index (χ4v) is 2.78. The van der Waals surface area contributed by atoms with Crippen molar-refractivity contribution < 1.29 is 0 Å². The van der Waals surface area contributed by atoms with Crippen LogP contribution in [-0.4, -0.2) is 34.5 Å². The van der Waals surface area contributed by atoms with Gasteiger partial charge in [-0.15, -0.1) is 0 Å². The molecule has 2 fully saturated rings. The molecule has 3 heterocycles. The maximum Gasteiger partial charge on any atom is 0.0636 e. The van der Waals surface area contributed by atoms with Crippen LogP contribution in [0.3, 0.4) is 0 Å². The van der Waals surface area contributed by atoms with Crippen molar-refractivity contribution >= 4 is 0 Å². The predicted octanol–water partition coefficient (Wildman–Crippen LogP) is 1.20. The van der Waals surface area contributed by atoms with Gasteiger partial charge in [-0.2, -0.15) is 0 Å². The minimum Gasteiger partial charge on any atom is -0.302 e. The first-order chi connectivity index (χ1) is 6.83. The highest BCUT2D eigenvalue weighted by atomic mass is 15.2. The highest BCUT2D eigenvalue weighted by Crippen LogP contribution is 2.38. The molecule has 14 heavy (non-hydrogen) atoms. The summed E-state index contributed by atoms with van der Waals surface area (Å²) in [6.07, 6.45) is 5.12. The van der Waals surface area contributed by atoms with E-state index in [1.807, 2.05) is 19.3 Å². The number of piperidine rings is 1. The minimum atomic E-state index is 0.649. The van der Waals surface area contributed by atoms with Crippen molar-refractivity contribution in [1.82, 2.24) is 14.9 Å². The van der Waals surface area contributed by atoms with Gasteiger partial charge in [0.1, 0.15) is 0 Å². The van der Waals surface area contributed by atoms with Crippen LogP contribution >= 0.6 is 0 Å². The van der Waals surface area contributed by atoms with Crippen molar-refractivity contribution in [3.05, 3.63) is 23.8 Å². The van der Waals surface area contributed by atoms with Crippen molar-refractivity contribution in [2.24, 2.45) is 5.92 Å². The number of fused-ring (bicyclic) bond motifs is 2. The topological polar surface area (TPSA) is 29.0 Å². The van der Waals surface area contributed by atoms with E-state index in [1.54, 1.807) is 0 Å². The maximum atomic E-state index is 4.58. The van der Waals surface area contributed by atoms with Crippen LogP contribution in [0.4, 0.5) is 0 Å². The molecule has 74 valence electrons. The molecule has 1 aromatic heterocycles. The SMILES string of the molecule is Cc1cncc([C@@H]2CN3CC[C@@H]2C3)n1. The van der Waals surface area contributed by atoms with Gasteiger partial charge in [-0.3, -0.25) is 9.97 Å². The lowest BCUT2D eigenvalue weighted by Crippen LogP contribution is -2.22. The number of rotatable bonds is 1. The largest absolute Gasteiger partial charge is 0.302 e. The third-order valence-electron chi connectivity index (χ3n) is 3.49. The summed E-state index contributed by atoms with van der Waals surface area (Å²) in [5.74, 6) is 1.49. The van der Waals surface area contributed by atoms with E-state index in [1.165, 1.54) is 31.7 Å². The summed E-state index contributed by atoms with van der Waals surface area (Å²) in [5, 5.41) is 0. The van der Waals surface area contributed by atoms with Crippen molar-refractivity contribution in [3.63, 3.8) is 0 Å². The van der Waals surface area contributed by atoms with Gasteiger partial charge in [-0.25, -0.2) is 0 Å². The first-order valence-corrected chi connectivity index (χ1v) is 5.34. The van der Waals surface area contributed by atoms with E-state index in [0.29, 0.717) is 5.92 Å². The van der Waals surface area contributed by atoms with Crippen LogP contribution in [0.15, 0.2) is 12.4 Å². The fourth-order valence-electron chi connectivity index (χ4n) is 2.78. The molecule has 0 spiro atoms. The van der Waals surface area contributed by atoms with Crippen molar-refractivity contribution in [3.8, 4) is 0 Å². The third kappa shape index (κ3) is 1.23. The third-order valence-corrected chi connectivity index (χ3v) is 3.49. The average Bonchev–Trinajstić information content (AvgIpc) is 2.78. The molecule has 2 saturated heterocycles. The Bertz CT molecular complexity index is 350. The fraction of sp³-hybridized carbons (Fsp3) is 0.636. The molecule has 3 nitrogen and oxygen atoms in total. The minimum absolute atomic E-state index is 0.649. The smallest absolute Gasteiger partial charge is 0.0636 e. The summed E-state index contributed by atoms with van der Waals surface area (Å²) in [4.78, 5) is 11.4. The van der Waals surface area contributed by atoms with Crippen LogP contribution < -0.4 is 0 Å². The van der Waals surface area contributed by atoms with Gasteiger partial charge < -0.3 is 4.90 Å². The molecule has 2 bridgehead atoms. The van der Waals surface area contributed by atoms with Crippen LogP contribution in [0.2, 0.25) is 0 Å². The van der Waals surface area contributed by atoms with Crippen LogP contribution in [-0.2, 0) is 0 Å². The molecule has 0 aliphatic carbocycles. The summed E-state index contributed by atoms with van der Waals surface area (Å²) >= 11 is 0. The Labute approximate surface area is 84.2 Å². The van der Waals surface area contributed by atoms with E-state index in [-0.39, 0.29) is 0 Å². The van der Waals surface area contributed by atoms with Gasteiger partial charge in [0, 0.05) is 31.4 Å². The van der Waals surface area contributed by atoms with Gasteiger partial charge in [0.05, 0.1) is 11.4 Å². The molecule has 1 aromatic rings.